The second kappa shape index (κ2) is 7.43. The molecular formula is C17H15N5O4. The van der Waals surface area contributed by atoms with Gasteiger partial charge in [-0.1, -0.05) is 11.2 Å². The molecule has 0 saturated heterocycles. The van der Waals surface area contributed by atoms with Gasteiger partial charge in [0.25, 0.3) is 5.91 Å². The molecule has 0 bridgehead atoms. The van der Waals surface area contributed by atoms with Crippen LogP contribution in [0.3, 0.4) is 0 Å². The molecule has 0 saturated carbocycles. The second-order valence-electron chi connectivity index (χ2n) is 5.26. The van der Waals surface area contributed by atoms with E-state index in [0.717, 1.165) is 0 Å². The highest BCUT2D eigenvalue weighted by Gasteiger charge is 2.11. The lowest BCUT2D eigenvalue weighted by atomic mass is 10.2. The zero-order valence-corrected chi connectivity index (χ0v) is 14.0. The molecule has 2 N–H and O–H groups in total. The van der Waals surface area contributed by atoms with Crippen molar-refractivity contribution in [3.8, 4) is 0 Å². The summed E-state index contributed by atoms with van der Waals surface area (Å²) >= 11 is 0. The number of nitrogens with zero attached hydrogens (tertiary/aromatic N) is 3. The van der Waals surface area contributed by atoms with Crippen molar-refractivity contribution in [2.24, 2.45) is 0 Å². The van der Waals surface area contributed by atoms with Gasteiger partial charge in [0.05, 0.1) is 25.1 Å². The van der Waals surface area contributed by atoms with Crippen LogP contribution in [0.15, 0.2) is 47.2 Å². The normalized spacial score (nSPS) is 10.2. The average molecular weight is 353 g/mol. The molecule has 0 aliphatic rings. The lowest BCUT2D eigenvalue weighted by Crippen LogP contribution is -2.14. The Morgan fingerprint density at radius 1 is 1.12 bits per heavy atom. The first-order valence-corrected chi connectivity index (χ1v) is 7.57. The number of carbonyl (C=O) groups excluding carboxylic acids is 2. The minimum absolute atomic E-state index is 0.125. The van der Waals surface area contributed by atoms with Crippen molar-refractivity contribution in [2.45, 2.75) is 6.92 Å². The van der Waals surface area contributed by atoms with Gasteiger partial charge in [-0.2, -0.15) is 0 Å². The van der Waals surface area contributed by atoms with Gasteiger partial charge in [-0.3, -0.25) is 4.79 Å². The average Bonchev–Trinajstić information content (AvgIpc) is 3.06. The third-order valence-corrected chi connectivity index (χ3v) is 3.31. The minimum atomic E-state index is -0.454. The number of ether oxygens (including phenoxy) is 1. The van der Waals surface area contributed by atoms with E-state index in [0.29, 0.717) is 28.6 Å². The fourth-order valence-electron chi connectivity index (χ4n) is 2.11. The van der Waals surface area contributed by atoms with Gasteiger partial charge < -0.3 is 19.9 Å². The van der Waals surface area contributed by atoms with Crippen molar-refractivity contribution in [3.63, 3.8) is 0 Å². The molecule has 1 aromatic carbocycles. The summed E-state index contributed by atoms with van der Waals surface area (Å²) < 4.78 is 9.56. The number of rotatable bonds is 5. The first kappa shape index (κ1) is 17.1. The summed E-state index contributed by atoms with van der Waals surface area (Å²) in [4.78, 5) is 31.8. The van der Waals surface area contributed by atoms with Crippen LogP contribution in [0.25, 0.3) is 0 Å². The summed E-state index contributed by atoms with van der Waals surface area (Å²) in [6.45, 7) is 1.72. The van der Waals surface area contributed by atoms with E-state index in [-0.39, 0.29) is 5.69 Å². The van der Waals surface area contributed by atoms with E-state index < -0.39 is 11.9 Å². The summed E-state index contributed by atoms with van der Waals surface area (Å²) in [7, 11) is 1.32. The van der Waals surface area contributed by atoms with E-state index >= 15 is 0 Å². The van der Waals surface area contributed by atoms with Crippen LogP contribution >= 0.6 is 0 Å². The van der Waals surface area contributed by atoms with Gasteiger partial charge in [0.1, 0.15) is 17.3 Å². The Balaban J connectivity index is 1.68. The van der Waals surface area contributed by atoms with Crippen LogP contribution in [-0.4, -0.2) is 34.1 Å². The van der Waals surface area contributed by atoms with Gasteiger partial charge in [-0.15, -0.1) is 0 Å². The van der Waals surface area contributed by atoms with Gasteiger partial charge in [0.2, 0.25) is 0 Å². The van der Waals surface area contributed by atoms with E-state index in [1.165, 1.54) is 19.5 Å². The maximum absolute atomic E-state index is 12.1. The van der Waals surface area contributed by atoms with Crippen LogP contribution in [0.1, 0.15) is 26.6 Å². The molecule has 1 amide bonds. The Bertz CT molecular complexity index is 936. The van der Waals surface area contributed by atoms with E-state index in [9.17, 15) is 9.59 Å². The molecule has 3 aromatic rings. The summed E-state index contributed by atoms with van der Waals surface area (Å²) in [6, 6.07) is 8.34. The Morgan fingerprint density at radius 2 is 1.96 bits per heavy atom. The minimum Gasteiger partial charge on any atom is -0.465 e. The molecule has 0 atom stereocenters. The quantitative estimate of drug-likeness (QED) is 0.672. The Kier molecular flexibility index (Phi) is 4.88. The number of benzene rings is 1. The molecule has 2 heterocycles. The lowest BCUT2D eigenvalue weighted by Gasteiger charge is -2.07. The summed E-state index contributed by atoms with van der Waals surface area (Å²) in [5.74, 6) is 0.414. The molecule has 26 heavy (non-hydrogen) atoms. The van der Waals surface area contributed by atoms with Crippen molar-refractivity contribution in [3.05, 3.63) is 59.7 Å². The Morgan fingerprint density at radius 3 is 2.62 bits per heavy atom. The standard InChI is InChI=1S/C17H15N5O4/c1-10-6-14(22-26-10)21-16(23)13-8-19-15(9-18-13)20-12-5-3-4-11(7-12)17(24)25-2/h3-9H,1-2H3,(H,19,20)(H,21,22,23). The number of esters is 1. The van der Waals surface area contributed by atoms with Crippen molar-refractivity contribution in [2.75, 3.05) is 17.7 Å². The van der Waals surface area contributed by atoms with Crippen LogP contribution in [0.4, 0.5) is 17.3 Å². The summed E-state index contributed by atoms with van der Waals surface area (Å²) in [5, 5.41) is 9.24. The first-order valence-electron chi connectivity index (χ1n) is 7.57. The van der Waals surface area contributed by atoms with Gasteiger partial charge in [0, 0.05) is 11.8 Å². The van der Waals surface area contributed by atoms with Crippen molar-refractivity contribution >= 4 is 29.2 Å². The monoisotopic (exact) mass is 353 g/mol. The molecule has 0 spiro atoms. The van der Waals surface area contributed by atoms with Crippen LogP contribution in [0.2, 0.25) is 0 Å². The third kappa shape index (κ3) is 4.01. The van der Waals surface area contributed by atoms with E-state index in [1.807, 2.05) is 0 Å². The highest BCUT2D eigenvalue weighted by Crippen LogP contribution is 2.16. The number of methoxy groups -OCH3 is 1. The predicted molar refractivity (Wildman–Crippen MR) is 92.3 cm³/mol. The molecule has 0 radical (unpaired) electrons. The second-order valence-corrected chi connectivity index (χ2v) is 5.26. The fourth-order valence-corrected chi connectivity index (χ4v) is 2.11. The molecule has 9 heteroatoms. The molecule has 132 valence electrons. The van der Waals surface area contributed by atoms with Crippen LogP contribution in [0, 0.1) is 6.92 Å². The maximum atomic E-state index is 12.1. The van der Waals surface area contributed by atoms with Crippen LogP contribution in [0.5, 0.6) is 0 Å². The number of aromatic nitrogens is 3. The van der Waals surface area contributed by atoms with Gasteiger partial charge in [-0.05, 0) is 25.1 Å². The van der Waals surface area contributed by atoms with Gasteiger partial charge >= 0.3 is 5.97 Å². The summed E-state index contributed by atoms with van der Waals surface area (Å²) in [5.41, 5.74) is 1.17. The number of amides is 1. The molecule has 9 nitrogen and oxygen atoms in total. The largest absolute Gasteiger partial charge is 0.465 e. The number of aryl methyl sites for hydroxylation is 1. The third-order valence-electron chi connectivity index (χ3n) is 3.31. The number of carbonyl (C=O) groups is 2. The molecule has 0 fully saturated rings. The van der Waals surface area contributed by atoms with Crippen molar-refractivity contribution in [1.82, 2.24) is 15.1 Å². The molecule has 3 rings (SSSR count). The highest BCUT2D eigenvalue weighted by molar-refractivity contribution is 6.02. The molecule has 0 aliphatic carbocycles. The molecular weight excluding hydrogens is 338 g/mol. The van der Waals surface area contributed by atoms with Crippen LogP contribution in [-0.2, 0) is 4.74 Å². The maximum Gasteiger partial charge on any atom is 0.337 e. The number of nitrogens with one attached hydrogen (secondary N) is 2. The number of anilines is 3. The Hall–Kier alpha value is -3.75. The number of hydrogen-bond acceptors (Lipinski definition) is 8. The predicted octanol–water partition coefficient (Wildman–Crippen LogP) is 2.56. The van der Waals surface area contributed by atoms with E-state index in [1.54, 1.807) is 37.3 Å². The zero-order chi connectivity index (χ0) is 18.5. The zero-order valence-electron chi connectivity index (χ0n) is 14.0. The lowest BCUT2D eigenvalue weighted by molar-refractivity contribution is 0.0600. The fraction of sp³-hybridized carbons (Fsp3) is 0.118. The SMILES string of the molecule is COC(=O)c1cccc(Nc2cnc(C(=O)Nc3cc(C)on3)cn2)c1. The van der Waals surface area contributed by atoms with Gasteiger partial charge in [0.15, 0.2) is 5.82 Å². The van der Waals surface area contributed by atoms with Crippen molar-refractivity contribution < 1.29 is 18.8 Å². The van der Waals surface area contributed by atoms with Crippen molar-refractivity contribution in [1.29, 1.82) is 0 Å². The summed E-state index contributed by atoms with van der Waals surface area (Å²) in [6.07, 6.45) is 2.74. The topological polar surface area (TPSA) is 119 Å². The van der Waals surface area contributed by atoms with Gasteiger partial charge in [-0.25, -0.2) is 14.8 Å². The highest BCUT2D eigenvalue weighted by atomic mass is 16.5. The van der Waals surface area contributed by atoms with E-state index in [4.69, 9.17) is 4.52 Å². The first-order chi connectivity index (χ1) is 12.5. The Labute approximate surface area is 148 Å². The van der Waals surface area contributed by atoms with E-state index in [2.05, 4.69) is 30.5 Å². The number of hydrogen-bond donors (Lipinski definition) is 2. The molecule has 2 aromatic heterocycles. The molecule has 0 aliphatic heterocycles. The smallest absolute Gasteiger partial charge is 0.337 e. The molecule has 0 unspecified atom stereocenters. The van der Waals surface area contributed by atoms with Crippen LogP contribution < -0.4 is 10.6 Å².